The van der Waals surface area contributed by atoms with Crippen LogP contribution in [0.4, 0.5) is 5.82 Å². The van der Waals surface area contributed by atoms with E-state index in [1.165, 1.54) is 0 Å². The zero-order valence-corrected chi connectivity index (χ0v) is 8.43. The first kappa shape index (κ1) is 11.0. The number of pyridine rings is 1. The van der Waals surface area contributed by atoms with Gasteiger partial charge in [0.2, 0.25) is 0 Å². The number of imidazole rings is 1. The maximum Gasteiger partial charge on any atom is 0.123 e. The molecule has 0 spiro atoms. The van der Waals surface area contributed by atoms with Gasteiger partial charge in [0.15, 0.2) is 0 Å². The molecule has 4 heteroatoms. The van der Waals surface area contributed by atoms with Crippen LogP contribution in [0.5, 0.6) is 0 Å². The average Bonchev–Trinajstić information content (AvgIpc) is 2.73. The molecule has 0 amide bonds. The van der Waals surface area contributed by atoms with Gasteiger partial charge in [-0.15, -0.1) is 6.58 Å². The van der Waals surface area contributed by atoms with Gasteiger partial charge in [-0.3, -0.25) is 0 Å². The smallest absolute Gasteiger partial charge is 0.123 e. The number of aromatic nitrogens is 3. The molecule has 2 aromatic heterocycles. The zero-order chi connectivity index (χ0) is 10.9. The lowest BCUT2D eigenvalue weighted by Crippen LogP contribution is -1.85. The molecule has 0 aromatic carbocycles. The number of H-pyrrole nitrogens is 1. The molecule has 2 heterocycles. The molecule has 0 atom stereocenters. The number of allylic oxidation sites excluding steroid dienone is 1. The molecule has 0 radical (unpaired) electrons. The summed E-state index contributed by atoms with van der Waals surface area (Å²) in [6.07, 6.45) is 7.85. The maximum absolute atomic E-state index is 5.25. The van der Waals surface area contributed by atoms with Gasteiger partial charge < -0.3 is 10.7 Å². The quantitative estimate of drug-likeness (QED) is 0.730. The van der Waals surface area contributed by atoms with Crippen molar-refractivity contribution < 1.29 is 0 Å². The summed E-state index contributed by atoms with van der Waals surface area (Å²) in [6.45, 7) is 3.58. The van der Waals surface area contributed by atoms with Crippen LogP contribution in [0.15, 0.2) is 49.4 Å². The fourth-order valence-corrected chi connectivity index (χ4v) is 0.922. The summed E-state index contributed by atoms with van der Waals surface area (Å²) in [5.41, 5.74) is 5.25. The normalized spacial score (nSPS) is 8.80. The van der Waals surface area contributed by atoms with E-state index in [4.69, 9.17) is 5.73 Å². The minimum Gasteiger partial charge on any atom is -0.384 e. The van der Waals surface area contributed by atoms with E-state index in [0.29, 0.717) is 5.82 Å². The Morgan fingerprint density at radius 3 is 2.60 bits per heavy atom. The van der Waals surface area contributed by atoms with Gasteiger partial charge in [-0.05, 0) is 12.1 Å². The number of anilines is 1. The highest BCUT2D eigenvalue weighted by atomic mass is 14.9. The first-order chi connectivity index (χ1) is 7.33. The summed E-state index contributed by atoms with van der Waals surface area (Å²) >= 11 is 0. The molecule has 0 fully saturated rings. The van der Waals surface area contributed by atoms with Crippen LogP contribution in [0.25, 0.3) is 0 Å². The van der Waals surface area contributed by atoms with Crippen LogP contribution in [0.1, 0.15) is 5.82 Å². The molecule has 2 rings (SSSR count). The van der Waals surface area contributed by atoms with E-state index < -0.39 is 0 Å². The predicted molar refractivity (Wildman–Crippen MR) is 61.1 cm³/mol. The third-order valence-corrected chi connectivity index (χ3v) is 1.58. The minimum atomic E-state index is 0.572. The molecule has 0 aliphatic rings. The highest BCUT2D eigenvalue weighted by molar-refractivity contribution is 5.25. The number of rotatable bonds is 2. The van der Waals surface area contributed by atoms with Crippen molar-refractivity contribution in [1.29, 1.82) is 0 Å². The molecule has 0 saturated heterocycles. The molecule has 4 nitrogen and oxygen atoms in total. The van der Waals surface area contributed by atoms with Crippen molar-refractivity contribution in [2.45, 2.75) is 6.42 Å². The van der Waals surface area contributed by atoms with E-state index in [-0.39, 0.29) is 0 Å². The Kier molecular flexibility index (Phi) is 4.66. The van der Waals surface area contributed by atoms with Gasteiger partial charge in [0.25, 0.3) is 0 Å². The van der Waals surface area contributed by atoms with Crippen LogP contribution >= 0.6 is 0 Å². The minimum absolute atomic E-state index is 0.572. The fourth-order valence-electron chi connectivity index (χ4n) is 0.922. The average molecular weight is 202 g/mol. The van der Waals surface area contributed by atoms with Gasteiger partial charge in [0.05, 0.1) is 0 Å². The first-order valence-electron chi connectivity index (χ1n) is 4.58. The third-order valence-electron chi connectivity index (χ3n) is 1.58. The number of hydrogen-bond donors (Lipinski definition) is 2. The second kappa shape index (κ2) is 6.37. The molecule has 0 aliphatic carbocycles. The van der Waals surface area contributed by atoms with Crippen LogP contribution in [-0.4, -0.2) is 15.0 Å². The van der Waals surface area contributed by atoms with Crippen molar-refractivity contribution in [1.82, 2.24) is 15.0 Å². The molecular weight excluding hydrogens is 188 g/mol. The largest absolute Gasteiger partial charge is 0.384 e. The SMILES string of the molecule is C=CCc1ncc[nH]1.Nc1ccccn1. The lowest BCUT2D eigenvalue weighted by Gasteiger charge is -1.82. The second-order valence-corrected chi connectivity index (χ2v) is 2.78. The molecule has 0 unspecified atom stereocenters. The van der Waals surface area contributed by atoms with E-state index in [1.54, 1.807) is 24.7 Å². The van der Waals surface area contributed by atoms with Crippen molar-refractivity contribution >= 4 is 5.82 Å². The number of nitrogens with one attached hydrogen (secondary N) is 1. The van der Waals surface area contributed by atoms with Crippen molar-refractivity contribution in [2.24, 2.45) is 0 Å². The molecule has 0 bridgehead atoms. The zero-order valence-electron chi connectivity index (χ0n) is 8.43. The van der Waals surface area contributed by atoms with Crippen LogP contribution in [0, 0.1) is 0 Å². The number of nitrogens with zero attached hydrogens (tertiary/aromatic N) is 2. The molecular formula is C11H14N4. The molecule has 0 aliphatic heterocycles. The van der Waals surface area contributed by atoms with Gasteiger partial charge in [-0.1, -0.05) is 12.1 Å². The van der Waals surface area contributed by atoms with Crippen molar-refractivity contribution in [2.75, 3.05) is 5.73 Å². The molecule has 3 N–H and O–H groups in total. The topological polar surface area (TPSA) is 67.6 Å². The van der Waals surface area contributed by atoms with Gasteiger partial charge >= 0.3 is 0 Å². The monoisotopic (exact) mass is 202 g/mol. The van der Waals surface area contributed by atoms with E-state index in [9.17, 15) is 0 Å². The van der Waals surface area contributed by atoms with Crippen molar-refractivity contribution in [3.8, 4) is 0 Å². The second-order valence-electron chi connectivity index (χ2n) is 2.78. The highest BCUT2D eigenvalue weighted by Gasteiger charge is 1.85. The van der Waals surface area contributed by atoms with Gasteiger partial charge in [-0.25, -0.2) is 9.97 Å². The van der Waals surface area contributed by atoms with Gasteiger partial charge in [0, 0.05) is 25.0 Å². The summed E-state index contributed by atoms with van der Waals surface area (Å²) in [5.74, 6) is 1.54. The number of hydrogen-bond acceptors (Lipinski definition) is 3. The van der Waals surface area contributed by atoms with Gasteiger partial charge in [0.1, 0.15) is 11.6 Å². The van der Waals surface area contributed by atoms with Crippen LogP contribution in [0.2, 0.25) is 0 Å². The summed E-state index contributed by atoms with van der Waals surface area (Å²) < 4.78 is 0. The van der Waals surface area contributed by atoms with Crippen LogP contribution in [0.3, 0.4) is 0 Å². The Hall–Kier alpha value is -2.10. The molecule has 2 aromatic rings. The Morgan fingerprint density at radius 2 is 2.20 bits per heavy atom. The van der Waals surface area contributed by atoms with E-state index in [1.807, 2.05) is 18.2 Å². The standard InChI is InChI=1S/C6H8N2.C5H6N2/c1-2-3-6-7-4-5-8-6;6-5-3-1-2-4-7-5/h2,4-5H,1,3H2,(H,7,8);1-4H,(H2,6,7). The predicted octanol–water partition coefficient (Wildman–Crippen LogP) is 1.80. The Bertz CT molecular complexity index is 367. The number of nitrogens with two attached hydrogens (primary N) is 1. The third kappa shape index (κ3) is 4.61. The maximum atomic E-state index is 5.25. The Labute approximate surface area is 88.9 Å². The van der Waals surface area contributed by atoms with Crippen molar-refractivity contribution in [3.05, 3.63) is 55.3 Å². The lowest BCUT2D eigenvalue weighted by molar-refractivity contribution is 1.06. The van der Waals surface area contributed by atoms with Crippen molar-refractivity contribution in [3.63, 3.8) is 0 Å². The summed E-state index contributed by atoms with van der Waals surface area (Å²) in [4.78, 5) is 10.7. The number of nitrogen functional groups attached to an aromatic ring is 1. The Balaban J connectivity index is 0.000000151. The van der Waals surface area contributed by atoms with Crippen LogP contribution < -0.4 is 5.73 Å². The summed E-state index contributed by atoms with van der Waals surface area (Å²) in [6, 6.07) is 5.43. The fraction of sp³-hybridized carbons (Fsp3) is 0.0909. The van der Waals surface area contributed by atoms with E-state index >= 15 is 0 Å². The summed E-state index contributed by atoms with van der Waals surface area (Å²) in [7, 11) is 0. The molecule has 15 heavy (non-hydrogen) atoms. The number of aromatic amines is 1. The van der Waals surface area contributed by atoms with E-state index in [2.05, 4.69) is 21.5 Å². The van der Waals surface area contributed by atoms with E-state index in [0.717, 1.165) is 12.2 Å². The molecule has 78 valence electrons. The Morgan fingerprint density at radius 1 is 1.33 bits per heavy atom. The highest BCUT2D eigenvalue weighted by Crippen LogP contribution is 1.89. The van der Waals surface area contributed by atoms with Gasteiger partial charge in [-0.2, -0.15) is 0 Å². The first-order valence-corrected chi connectivity index (χ1v) is 4.58. The lowest BCUT2D eigenvalue weighted by atomic mass is 10.4. The van der Waals surface area contributed by atoms with Crippen LogP contribution in [-0.2, 0) is 6.42 Å². The molecule has 0 saturated carbocycles. The summed E-state index contributed by atoms with van der Waals surface area (Å²) in [5, 5.41) is 0.